The fraction of sp³-hybridized carbons (Fsp3) is 0.308. The van der Waals surface area contributed by atoms with Gasteiger partial charge < -0.3 is 5.11 Å². The molecule has 0 saturated heterocycles. The summed E-state index contributed by atoms with van der Waals surface area (Å²) in [6, 6.07) is 7.19. The lowest BCUT2D eigenvalue weighted by molar-refractivity contribution is -0.144. The Labute approximate surface area is 119 Å². The Balaban J connectivity index is 2.72. The molecule has 1 aromatic carbocycles. The summed E-state index contributed by atoms with van der Waals surface area (Å²) in [6.07, 6.45) is -0.178. The normalized spacial score (nSPS) is 10.0. The summed E-state index contributed by atoms with van der Waals surface area (Å²) in [7, 11) is 0. The van der Waals surface area contributed by atoms with Crippen molar-refractivity contribution in [3.63, 3.8) is 0 Å². The van der Waals surface area contributed by atoms with Crippen LogP contribution in [0.4, 0.5) is 0 Å². The predicted molar refractivity (Wildman–Crippen MR) is 72.5 cm³/mol. The van der Waals surface area contributed by atoms with E-state index in [1.807, 2.05) is 6.07 Å². The van der Waals surface area contributed by atoms with Crippen LogP contribution in [0.25, 0.3) is 0 Å². The Kier molecular flexibility index (Phi) is 5.69. The largest absolute Gasteiger partial charge is 0.481 e. The third-order valence-corrected chi connectivity index (χ3v) is 2.97. The minimum absolute atomic E-state index is 0.0681. The monoisotopic (exact) mass is 327 g/mol. The number of hydrogen-bond acceptors (Lipinski definition) is 3. The van der Waals surface area contributed by atoms with Crippen molar-refractivity contribution in [3.05, 3.63) is 34.3 Å². The highest BCUT2D eigenvalue weighted by atomic mass is 79.9. The van der Waals surface area contributed by atoms with Crippen molar-refractivity contribution in [1.82, 2.24) is 4.90 Å². The van der Waals surface area contributed by atoms with E-state index in [2.05, 4.69) is 15.9 Å². The number of hydrogen-bond donors (Lipinski definition) is 1. The van der Waals surface area contributed by atoms with Crippen LogP contribution in [0.1, 0.15) is 18.9 Å². The number of rotatable bonds is 5. The number of halogens is 1. The number of carbonyl (C=O) groups excluding carboxylic acids is 2. The molecule has 1 aromatic rings. The molecule has 0 radical (unpaired) electrons. The SMILES string of the molecule is CC(=O)N(CCC(=O)O)C(=O)Cc1cccc(Br)c1. The quantitative estimate of drug-likeness (QED) is 0.895. The van der Waals surface area contributed by atoms with E-state index in [9.17, 15) is 14.4 Å². The van der Waals surface area contributed by atoms with Crippen molar-refractivity contribution in [1.29, 1.82) is 0 Å². The summed E-state index contributed by atoms with van der Waals surface area (Å²) in [5, 5.41) is 8.60. The van der Waals surface area contributed by atoms with Gasteiger partial charge >= 0.3 is 5.97 Å². The smallest absolute Gasteiger partial charge is 0.305 e. The molecule has 0 heterocycles. The standard InChI is InChI=1S/C13H14BrNO4/c1-9(16)15(6-5-13(18)19)12(17)8-10-3-2-4-11(14)7-10/h2-4,7H,5-6,8H2,1H3,(H,18,19). The Morgan fingerprint density at radius 3 is 2.53 bits per heavy atom. The number of aliphatic carboxylic acids is 1. The summed E-state index contributed by atoms with van der Waals surface area (Å²) < 4.78 is 0.845. The second kappa shape index (κ2) is 7.04. The highest BCUT2D eigenvalue weighted by Crippen LogP contribution is 2.13. The lowest BCUT2D eigenvalue weighted by Crippen LogP contribution is -2.37. The Bertz CT molecular complexity index is 501. The maximum absolute atomic E-state index is 12.0. The van der Waals surface area contributed by atoms with Crippen molar-refractivity contribution in [2.75, 3.05) is 6.54 Å². The average Bonchev–Trinajstić information content (AvgIpc) is 2.28. The molecular formula is C13H14BrNO4. The van der Waals surface area contributed by atoms with Crippen molar-refractivity contribution in [2.45, 2.75) is 19.8 Å². The molecule has 0 aliphatic rings. The predicted octanol–water partition coefficient (Wildman–Crippen LogP) is 1.84. The second-order valence-corrected chi connectivity index (χ2v) is 4.93. The molecule has 0 spiro atoms. The fourth-order valence-electron chi connectivity index (χ4n) is 1.58. The first-order valence-corrected chi connectivity index (χ1v) is 6.46. The minimum Gasteiger partial charge on any atom is -0.481 e. The maximum atomic E-state index is 12.0. The minimum atomic E-state index is -1.04. The van der Waals surface area contributed by atoms with Crippen LogP contribution in [0.5, 0.6) is 0 Å². The molecule has 0 bridgehead atoms. The molecule has 6 heteroatoms. The zero-order valence-corrected chi connectivity index (χ0v) is 12.0. The van der Waals surface area contributed by atoms with Gasteiger partial charge in [-0.05, 0) is 17.7 Å². The first kappa shape index (κ1) is 15.4. The van der Waals surface area contributed by atoms with Gasteiger partial charge in [-0.25, -0.2) is 0 Å². The van der Waals surface area contributed by atoms with Gasteiger partial charge in [0.05, 0.1) is 12.8 Å². The summed E-state index contributed by atoms with van der Waals surface area (Å²) in [5.41, 5.74) is 0.765. The van der Waals surface area contributed by atoms with Crippen molar-refractivity contribution in [2.24, 2.45) is 0 Å². The lowest BCUT2D eigenvalue weighted by Gasteiger charge is -2.18. The highest BCUT2D eigenvalue weighted by Gasteiger charge is 2.19. The van der Waals surface area contributed by atoms with E-state index in [0.29, 0.717) is 0 Å². The van der Waals surface area contributed by atoms with Crippen molar-refractivity contribution < 1.29 is 19.5 Å². The van der Waals surface area contributed by atoms with Gasteiger partial charge in [0.15, 0.2) is 0 Å². The third kappa shape index (κ3) is 5.21. The van der Waals surface area contributed by atoms with Crippen LogP contribution in [0, 0.1) is 0 Å². The number of nitrogens with zero attached hydrogens (tertiary/aromatic N) is 1. The van der Waals surface area contributed by atoms with Crippen LogP contribution in [-0.4, -0.2) is 34.3 Å². The van der Waals surface area contributed by atoms with E-state index in [1.165, 1.54) is 6.92 Å². The number of amides is 2. The summed E-state index contributed by atoms with van der Waals surface area (Å²) in [4.78, 5) is 34.8. The topological polar surface area (TPSA) is 74.7 Å². The van der Waals surface area contributed by atoms with Crippen LogP contribution >= 0.6 is 15.9 Å². The van der Waals surface area contributed by atoms with Crippen LogP contribution < -0.4 is 0 Å². The van der Waals surface area contributed by atoms with Gasteiger partial charge in [0.1, 0.15) is 0 Å². The molecule has 0 fully saturated rings. The van der Waals surface area contributed by atoms with Gasteiger partial charge in [0, 0.05) is 17.9 Å². The number of carbonyl (C=O) groups is 3. The first-order chi connectivity index (χ1) is 8.90. The molecule has 0 saturated carbocycles. The van der Waals surface area contributed by atoms with Crippen LogP contribution in [0.2, 0.25) is 0 Å². The Morgan fingerprint density at radius 1 is 1.32 bits per heavy atom. The maximum Gasteiger partial charge on any atom is 0.305 e. The number of carboxylic acid groups (broad SMARTS) is 1. The van der Waals surface area contributed by atoms with Crippen molar-refractivity contribution >= 4 is 33.7 Å². The highest BCUT2D eigenvalue weighted by molar-refractivity contribution is 9.10. The van der Waals surface area contributed by atoms with E-state index in [4.69, 9.17) is 5.11 Å². The molecule has 1 N–H and O–H groups in total. The molecular weight excluding hydrogens is 314 g/mol. The number of imide groups is 1. The van der Waals surface area contributed by atoms with Gasteiger partial charge in [-0.15, -0.1) is 0 Å². The number of benzene rings is 1. The van der Waals surface area contributed by atoms with Crippen LogP contribution in [0.3, 0.4) is 0 Å². The molecule has 5 nitrogen and oxygen atoms in total. The number of carboxylic acids is 1. The van der Waals surface area contributed by atoms with Gasteiger partial charge in [-0.2, -0.15) is 0 Å². The van der Waals surface area contributed by atoms with Gasteiger partial charge in [0.25, 0.3) is 0 Å². The molecule has 0 aromatic heterocycles. The Hall–Kier alpha value is -1.69. The fourth-order valence-corrected chi connectivity index (χ4v) is 2.03. The zero-order valence-electron chi connectivity index (χ0n) is 10.4. The molecule has 0 unspecified atom stereocenters. The van der Waals surface area contributed by atoms with E-state index in [0.717, 1.165) is 14.9 Å². The van der Waals surface area contributed by atoms with Crippen molar-refractivity contribution in [3.8, 4) is 0 Å². The molecule has 0 atom stereocenters. The van der Waals surface area contributed by atoms with E-state index >= 15 is 0 Å². The molecule has 19 heavy (non-hydrogen) atoms. The van der Waals surface area contributed by atoms with Gasteiger partial charge in [0.2, 0.25) is 11.8 Å². The van der Waals surface area contributed by atoms with Gasteiger partial charge in [-0.3, -0.25) is 19.3 Å². The second-order valence-electron chi connectivity index (χ2n) is 4.01. The van der Waals surface area contributed by atoms with Crippen LogP contribution in [0.15, 0.2) is 28.7 Å². The third-order valence-electron chi connectivity index (χ3n) is 2.47. The van der Waals surface area contributed by atoms with E-state index in [-0.39, 0.29) is 19.4 Å². The van der Waals surface area contributed by atoms with E-state index < -0.39 is 17.8 Å². The average molecular weight is 328 g/mol. The summed E-state index contributed by atoms with van der Waals surface area (Å²) >= 11 is 3.30. The summed E-state index contributed by atoms with van der Waals surface area (Å²) in [5.74, 6) is -1.88. The molecule has 102 valence electrons. The van der Waals surface area contributed by atoms with Crippen LogP contribution in [-0.2, 0) is 20.8 Å². The molecule has 1 rings (SSSR count). The Morgan fingerprint density at radius 2 is 2.00 bits per heavy atom. The molecule has 0 aliphatic carbocycles. The van der Waals surface area contributed by atoms with E-state index in [1.54, 1.807) is 18.2 Å². The lowest BCUT2D eigenvalue weighted by atomic mass is 10.1. The first-order valence-electron chi connectivity index (χ1n) is 5.67. The summed E-state index contributed by atoms with van der Waals surface area (Å²) in [6.45, 7) is 1.15. The van der Waals surface area contributed by atoms with Gasteiger partial charge in [-0.1, -0.05) is 28.1 Å². The molecule has 0 aliphatic heterocycles. The zero-order chi connectivity index (χ0) is 14.4. The molecule has 2 amide bonds.